The number of carbonyl (C=O) groups excluding carboxylic acids is 1. The molecule has 0 saturated heterocycles. The predicted octanol–water partition coefficient (Wildman–Crippen LogP) is 3.84. The topological polar surface area (TPSA) is 37.3 Å². The molecule has 0 atom stereocenters. The van der Waals surface area contributed by atoms with Crippen LogP contribution in [0.3, 0.4) is 0 Å². The van der Waals surface area contributed by atoms with Crippen LogP contribution in [0.4, 0.5) is 0 Å². The minimum absolute atomic E-state index is 0.158. The second-order valence-corrected chi connectivity index (χ2v) is 4.74. The van der Waals surface area contributed by atoms with Gasteiger partial charge in [0.25, 0.3) is 0 Å². The van der Waals surface area contributed by atoms with Crippen molar-refractivity contribution in [2.45, 2.75) is 46.4 Å². The number of phenols is 1. The Morgan fingerprint density at radius 3 is 1.94 bits per heavy atom. The van der Waals surface area contributed by atoms with E-state index >= 15 is 0 Å². The Labute approximate surface area is 98.7 Å². The molecule has 0 aliphatic heterocycles. The Bertz CT molecular complexity index is 393. The quantitative estimate of drug-likeness (QED) is 0.789. The van der Waals surface area contributed by atoms with E-state index in [1.807, 2.05) is 27.7 Å². The molecule has 2 heteroatoms. The average Bonchev–Trinajstić information content (AvgIpc) is 2.27. The van der Waals surface area contributed by atoms with Gasteiger partial charge in [-0.1, -0.05) is 27.7 Å². The fourth-order valence-corrected chi connectivity index (χ4v) is 1.72. The number of hydrogen-bond donors (Lipinski definition) is 1. The first-order chi connectivity index (χ1) is 7.88. The zero-order valence-corrected chi connectivity index (χ0v) is 10.4. The number of phenolic OH excluding ortho intramolecular Hbond substituents is 1. The van der Waals surface area contributed by atoms with Gasteiger partial charge in [0, 0.05) is 6.93 Å². The van der Waals surface area contributed by atoms with E-state index in [4.69, 9.17) is 1.37 Å². The second-order valence-electron chi connectivity index (χ2n) is 4.74. The zero-order chi connectivity index (χ0) is 13.2. The highest BCUT2D eigenvalue weighted by Gasteiger charge is 2.16. The first kappa shape index (κ1) is 11.2. The molecule has 1 rings (SSSR count). The molecule has 1 aromatic carbocycles. The molecular formula is C14H20O2. The molecule has 0 unspecified atom stereocenters. The van der Waals surface area contributed by atoms with E-state index in [0.717, 1.165) is 11.1 Å². The van der Waals surface area contributed by atoms with E-state index in [1.165, 1.54) is 0 Å². The summed E-state index contributed by atoms with van der Waals surface area (Å²) in [5, 5.41) is 10.2. The van der Waals surface area contributed by atoms with Crippen molar-refractivity contribution in [2.75, 3.05) is 0 Å². The van der Waals surface area contributed by atoms with Gasteiger partial charge in [-0.05, 0) is 42.0 Å². The van der Waals surface area contributed by atoms with Gasteiger partial charge in [0.05, 0.1) is 0 Å². The Kier molecular flexibility index (Phi) is 3.28. The number of rotatable bonds is 3. The average molecular weight is 222 g/mol. The van der Waals surface area contributed by atoms with Crippen molar-refractivity contribution < 1.29 is 11.3 Å². The normalized spacial score (nSPS) is 12.0. The Morgan fingerprint density at radius 1 is 1.19 bits per heavy atom. The fraction of sp³-hybridized carbons (Fsp3) is 0.500. The first-order valence-corrected chi connectivity index (χ1v) is 5.57. The van der Waals surface area contributed by atoms with Gasteiger partial charge in [0.15, 0.2) is 5.78 Å². The minimum atomic E-state index is -0.250. The van der Waals surface area contributed by atoms with Crippen LogP contribution in [0.2, 0.25) is 0 Å². The van der Waals surface area contributed by atoms with Crippen LogP contribution >= 0.6 is 0 Å². The largest absolute Gasteiger partial charge is 0.507 e. The molecule has 0 heterocycles. The molecule has 1 N–H and O–H groups in total. The summed E-state index contributed by atoms with van der Waals surface area (Å²) in [6, 6.07) is 3.42. The molecule has 0 bridgehead atoms. The van der Waals surface area contributed by atoms with Crippen molar-refractivity contribution in [1.29, 1.82) is 0 Å². The number of Topliss-reactive ketones (excluding diaryl/α,β-unsaturated/α-hetero) is 1. The smallest absolute Gasteiger partial charge is 0.159 e. The summed E-state index contributed by atoms with van der Waals surface area (Å²) in [5.41, 5.74) is 2.10. The van der Waals surface area contributed by atoms with Crippen LogP contribution in [0.1, 0.15) is 69.3 Å². The van der Waals surface area contributed by atoms with Crippen molar-refractivity contribution in [3.8, 4) is 5.75 Å². The van der Waals surface area contributed by atoms with Gasteiger partial charge in [0.1, 0.15) is 5.75 Å². The summed E-state index contributed by atoms with van der Waals surface area (Å²) < 4.78 is 7.14. The molecule has 16 heavy (non-hydrogen) atoms. The van der Waals surface area contributed by atoms with Crippen LogP contribution in [-0.4, -0.2) is 10.9 Å². The van der Waals surface area contributed by atoms with E-state index in [2.05, 4.69) is 0 Å². The molecule has 0 radical (unpaired) electrons. The maximum Gasteiger partial charge on any atom is 0.159 e. The third-order valence-corrected chi connectivity index (χ3v) is 2.73. The second kappa shape index (κ2) is 4.69. The third kappa shape index (κ3) is 2.43. The Hall–Kier alpha value is -1.31. The van der Waals surface area contributed by atoms with Gasteiger partial charge in [0.2, 0.25) is 0 Å². The van der Waals surface area contributed by atoms with Gasteiger partial charge >= 0.3 is 0 Å². The molecule has 0 aliphatic carbocycles. The summed E-state index contributed by atoms with van der Waals surface area (Å²) in [5.74, 6) is 0.405. The minimum Gasteiger partial charge on any atom is -0.507 e. The van der Waals surface area contributed by atoms with Gasteiger partial charge in [-0.2, -0.15) is 0 Å². The lowest BCUT2D eigenvalue weighted by Crippen LogP contribution is -2.01. The lowest BCUT2D eigenvalue weighted by atomic mass is 9.91. The number of benzene rings is 1. The lowest BCUT2D eigenvalue weighted by Gasteiger charge is -2.16. The van der Waals surface area contributed by atoms with Crippen LogP contribution in [0.5, 0.6) is 5.75 Å². The molecule has 1 aromatic rings. The molecule has 0 fully saturated rings. The van der Waals surface area contributed by atoms with Crippen molar-refractivity contribution in [1.82, 2.24) is 0 Å². The highest BCUT2D eigenvalue weighted by molar-refractivity contribution is 5.94. The summed E-state index contributed by atoms with van der Waals surface area (Å²) in [6.07, 6.45) is 0. The number of hydrogen-bond acceptors (Lipinski definition) is 2. The molecule has 88 valence electrons. The van der Waals surface area contributed by atoms with Gasteiger partial charge in [-0.25, -0.2) is 0 Å². The summed E-state index contributed by atoms with van der Waals surface area (Å²) in [7, 11) is 0. The molecule has 0 spiro atoms. The molecule has 0 aliphatic rings. The molecule has 2 nitrogen and oxygen atoms in total. The number of carbonyl (C=O) groups is 1. The summed E-state index contributed by atoms with van der Waals surface area (Å²) >= 11 is 0. The fourth-order valence-electron chi connectivity index (χ4n) is 1.72. The van der Waals surface area contributed by atoms with Gasteiger partial charge < -0.3 is 5.11 Å². The van der Waals surface area contributed by atoms with Crippen LogP contribution in [0.15, 0.2) is 12.1 Å². The lowest BCUT2D eigenvalue weighted by molar-refractivity contribution is 0.101. The van der Waals surface area contributed by atoms with Crippen LogP contribution in [0.25, 0.3) is 0 Å². The van der Waals surface area contributed by atoms with E-state index in [9.17, 15) is 9.90 Å². The van der Waals surface area contributed by atoms with Crippen molar-refractivity contribution >= 4 is 5.78 Å². The molecule has 0 saturated carbocycles. The highest BCUT2D eigenvalue weighted by atomic mass is 16.3. The SMILES string of the molecule is [3H]CC(=O)c1cc(C(C)C)c(O)c(C(C)C)c1. The van der Waals surface area contributed by atoms with Crippen LogP contribution in [0, 0.1) is 0 Å². The van der Waals surface area contributed by atoms with E-state index in [0.29, 0.717) is 5.56 Å². The predicted molar refractivity (Wildman–Crippen MR) is 66.3 cm³/mol. The van der Waals surface area contributed by atoms with Gasteiger partial charge in [-0.3, -0.25) is 4.79 Å². The standard InChI is InChI=1S/C14H20O2/c1-8(2)12-6-11(10(5)15)7-13(9(3)4)14(12)16/h6-9,16H,1-5H3/i5T. The van der Waals surface area contributed by atoms with Crippen molar-refractivity contribution in [2.24, 2.45) is 0 Å². The van der Waals surface area contributed by atoms with Crippen molar-refractivity contribution in [3.63, 3.8) is 0 Å². The molecule has 0 aromatic heterocycles. The number of aromatic hydroxyl groups is 1. The zero-order valence-electron chi connectivity index (χ0n) is 11.4. The Balaban J connectivity index is 3.42. The van der Waals surface area contributed by atoms with E-state index < -0.39 is 0 Å². The molecular weight excluding hydrogens is 200 g/mol. The maximum atomic E-state index is 11.6. The van der Waals surface area contributed by atoms with Crippen molar-refractivity contribution in [3.05, 3.63) is 28.8 Å². The van der Waals surface area contributed by atoms with E-state index in [-0.39, 0.29) is 30.3 Å². The number of ketones is 1. The molecule has 0 amide bonds. The van der Waals surface area contributed by atoms with Crippen LogP contribution in [-0.2, 0) is 0 Å². The summed E-state index contributed by atoms with van der Waals surface area (Å²) in [4.78, 5) is 11.6. The highest BCUT2D eigenvalue weighted by Crippen LogP contribution is 2.34. The van der Waals surface area contributed by atoms with Gasteiger partial charge in [-0.15, -0.1) is 0 Å². The Morgan fingerprint density at radius 2 is 1.62 bits per heavy atom. The third-order valence-electron chi connectivity index (χ3n) is 2.73. The maximum absolute atomic E-state index is 11.6. The monoisotopic (exact) mass is 222 g/mol. The first-order valence-electron chi connectivity index (χ1n) is 6.28. The van der Waals surface area contributed by atoms with Crippen LogP contribution < -0.4 is 0 Å². The van der Waals surface area contributed by atoms with E-state index in [1.54, 1.807) is 12.1 Å². The summed E-state index contributed by atoms with van der Waals surface area (Å²) in [6.45, 7) is 7.67.